The number of oxime groups is 1. The van der Waals surface area contributed by atoms with Gasteiger partial charge in [-0.3, -0.25) is 4.79 Å². The van der Waals surface area contributed by atoms with Crippen LogP contribution in [0.2, 0.25) is 0 Å². The lowest BCUT2D eigenvalue weighted by molar-refractivity contribution is -0.135. The van der Waals surface area contributed by atoms with Gasteiger partial charge in [-0.25, -0.2) is 4.79 Å². The number of allylic oxidation sites excluding steroid dienone is 2. The fraction of sp³-hybridized carbons (Fsp3) is 0.364. The monoisotopic (exact) mass is 455 g/mol. The summed E-state index contributed by atoms with van der Waals surface area (Å²) in [7, 11) is 0. The summed E-state index contributed by atoms with van der Waals surface area (Å²) in [6.45, 7) is 1.96. The zero-order valence-electron chi connectivity index (χ0n) is 9.65. The molecule has 0 saturated carbocycles. The highest BCUT2D eigenvalue weighted by Gasteiger charge is 2.53. The second-order valence-corrected chi connectivity index (χ2v) is 6.42. The van der Waals surface area contributed by atoms with Gasteiger partial charge in [-0.2, -0.15) is 0 Å². The number of carbonyl (C=O) groups is 2. The van der Waals surface area contributed by atoms with Crippen LogP contribution in [0.4, 0.5) is 0 Å². The summed E-state index contributed by atoms with van der Waals surface area (Å²) in [4.78, 5) is 28.1. The maximum atomic E-state index is 11.7. The molecule has 102 valence electrons. The van der Waals surface area contributed by atoms with Gasteiger partial charge in [0.05, 0.1) is 15.6 Å². The lowest BCUT2D eigenvalue weighted by Crippen LogP contribution is -2.42. The molecule has 0 aromatic carbocycles. The molecular formula is C11H8Br3NO4. The quantitative estimate of drug-likeness (QED) is 0.472. The van der Waals surface area contributed by atoms with Crippen LogP contribution in [0.1, 0.15) is 6.92 Å². The van der Waals surface area contributed by atoms with Gasteiger partial charge in [-0.1, -0.05) is 37.0 Å². The van der Waals surface area contributed by atoms with Crippen molar-refractivity contribution in [1.29, 1.82) is 0 Å². The van der Waals surface area contributed by atoms with Crippen LogP contribution in [0.25, 0.3) is 0 Å². The van der Waals surface area contributed by atoms with Gasteiger partial charge in [0.2, 0.25) is 5.60 Å². The van der Waals surface area contributed by atoms with Crippen molar-refractivity contribution in [2.45, 2.75) is 17.4 Å². The Hall–Kier alpha value is -0.470. The van der Waals surface area contributed by atoms with Gasteiger partial charge in [-0.15, -0.1) is 0 Å². The van der Waals surface area contributed by atoms with E-state index in [0.29, 0.717) is 8.96 Å². The Morgan fingerprint density at radius 1 is 1.58 bits per heavy atom. The molecule has 0 radical (unpaired) electrons. The Labute approximate surface area is 134 Å². The number of alkyl halides is 1. The van der Waals surface area contributed by atoms with Crippen molar-refractivity contribution in [2.24, 2.45) is 5.16 Å². The normalized spacial score (nSPS) is 29.6. The zero-order chi connectivity index (χ0) is 14.2. The number of halogens is 3. The molecule has 5 nitrogen and oxygen atoms in total. The van der Waals surface area contributed by atoms with Crippen molar-refractivity contribution in [2.75, 3.05) is 6.61 Å². The first-order chi connectivity index (χ1) is 8.92. The molecule has 0 fully saturated rings. The Balaban J connectivity index is 2.33. The highest BCUT2D eigenvalue weighted by molar-refractivity contribution is 9.12. The molecule has 0 aromatic heterocycles. The summed E-state index contributed by atoms with van der Waals surface area (Å²) in [5, 5.41) is 3.77. The number of ether oxygens (including phenoxy) is 1. The van der Waals surface area contributed by atoms with E-state index in [1.165, 1.54) is 6.08 Å². The number of hydrogen-bond acceptors (Lipinski definition) is 5. The fourth-order valence-electron chi connectivity index (χ4n) is 1.66. The summed E-state index contributed by atoms with van der Waals surface area (Å²) in [6, 6.07) is 0. The number of carbonyl (C=O) groups excluding carboxylic acids is 2. The smallest absolute Gasteiger partial charge is 0.357 e. The van der Waals surface area contributed by atoms with Gasteiger partial charge in [0, 0.05) is 6.08 Å². The molecule has 1 aliphatic carbocycles. The number of nitrogens with zero attached hydrogens (tertiary/aromatic N) is 1. The minimum Gasteiger partial charge on any atom is -0.461 e. The van der Waals surface area contributed by atoms with E-state index in [-0.39, 0.29) is 18.1 Å². The van der Waals surface area contributed by atoms with Crippen molar-refractivity contribution < 1.29 is 19.2 Å². The van der Waals surface area contributed by atoms with E-state index in [1.807, 2.05) is 0 Å². The highest BCUT2D eigenvalue weighted by Crippen LogP contribution is 2.44. The summed E-state index contributed by atoms with van der Waals surface area (Å²) in [5.41, 5.74) is -0.924. The molecule has 19 heavy (non-hydrogen) atoms. The molecule has 8 heteroatoms. The standard InChI is InChI=1S/C11H8Br3NO4/c1-2-18-10(17)8-9(14)11(19-15-8)4-5(12)6(16)3-7(11)13/h3-4,9H,2H2,1H3/t9-,11+/m1/s1. The third-order valence-electron chi connectivity index (χ3n) is 2.60. The van der Waals surface area contributed by atoms with Crippen molar-refractivity contribution in [3.8, 4) is 0 Å². The molecule has 1 aliphatic heterocycles. The molecule has 2 rings (SSSR count). The van der Waals surface area contributed by atoms with Crippen molar-refractivity contribution in [1.82, 2.24) is 0 Å². The molecule has 2 aliphatic rings. The van der Waals surface area contributed by atoms with Gasteiger partial charge in [0.15, 0.2) is 11.5 Å². The third-order valence-corrected chi connectivity index (χ3v) is 5.19. The lowest BCUT2D eigenvalue weighted by Gasteiger charge is -2.29. The van der Waals surface area contributed by atoms with E-state index < -0.39 is 16.4 Å². The average molecular weight is 458 g/mol. The lowest BCUT2D eigenvalue weighted by atomic mass is 9.92. The van der Waals surface area contributed by atoms with E-state index in [1.54, 1.807) is 13.0 Å². The molecule has 1 spiro atoms. The van der Waals surface area contributed by atoms with Crippen LogP contribution in [0.15, 0.2) is 26.3 Å². The molecule has 0 aromatic rings. The summed E-state index contributed by atoms with van der Waals surface area (Å²) >= 11 is 9.83. The SMILES string of the molecule is CCOC(=O)C1=NO[C@]2(C=C(Br)C(=O)C=C2Br)[C@@H]1Br. The van der Waals surface area contributed by atoms with E-state index in [9.17, 15) is 9.59 Å². The van der Waals surface area contributed by atoms with E-state index in [2.05, 4.69) is 52.9 Å². The third kappa shape index (κ3) is 2.45. The molecule has 0 unspecified atom stereocenters. The second kappa shape index (κ2) is 5.49. The number of hydrogen-bond donors (Lipinski definition) is 0. The van der Waals surface area contributed by atoms with Gasteiger partial charge in [0.1, 0.15) is 4.83 Å². The van der Waals surface area contributed by atoms with E-state index in [4.69, 9.17) is 9.57 Å². The van der Waals surface area contributed by atoms with Crippen molar-refractivity contribution >= 4 is 65.3 Å². The van der Waals surface area contributed by atoms with Crippen LogP contribution in [-0.4, -0.2) is 34.5 Å². The van der Waals surface area contributed by atoms with Gasteiger partial charge in [0.25, 0.3) is 0 Å². The fourth-order valence-corrected chi connectivity index (χ4v) is 3.77. The molecule has 2 atom stereocenters. The van der Waals surface area contributed by atoms with E-state index in [0.717, 1.165) is 0 Å². The summed E-state index contributed by atoms with van der Waals surface area (Å²) in [5.74, 6) is -0.742. The molecule has 0 N–H and O–H groups in total. The molecule has 0 amide bonds. The predicted octanol–water partition coefficient (Wildman–Crippen LogP) is 2.58. The maximum Gasteiger partial charge on any atom is 0.357 e. The maximum absolute atomic E-state index is 11.7. The molecule has 0 saturated heterocycles. The number of esters is 1. The van der Waals surface area contributed by atoms with Crippen LogP contribution < -0.4 is 0 Å². The Morgan fingerprint density at radius 3 is 2.89 bits per heavy atom. The van der Waals surface area contributed by atoms with Crippen LogP contribution in [0, 0.1) is 0 Å². The minimum absolute atomic E-state index is 0.123. The zero-order valence-corrected chi connectivity index (χ0v) is 14.4. The topological polar surface area (TPSA) is 65.0 Å². The highest BCUT2D eigenvalue weighted by atomic mass is 79.9. The Morgan fingerprint density at radius 2 is 2.26 bits per heavy atom. The van der Waals surface area contributed by atoms with Gasteiger partial charge < -0.3 is 9.57 Å². The van der Waals surface area contributed by atoms with Crippen molar-refractivity contribution in [3.63, 3.8) is 0 Å². The van der Waals surface area contributed by atoms with Crippen molar-refractivity contribution in [3.05, 3.63) is 21.1 Å². The van der Waals surface area contributed by atoms with Crippen LogP contribution in [-0.2, 0) is 19.2 Å². The number of ketones is 1. The average Bonchev–Trinajstić information content (AvgIpc) is 2.66. The second-order valence-electron chi connectivity index (χ2n) is 3.79. The Kier molecular flexibility index (Phi) is 4.32. The first kappa shape index (κ1) is 14.9. The summed E-state index contributed by atoms with van der Waals surface area (Å²) in [6.07, 6.45) is 2.94. The first-order valence-corrected chi connectivity index (χ1v) is 7.80. The van der Waals surface area contributed by atoms with Crippen LogP contribution in [0.3, 0.4) is 0 Å². The molecule has 0 bridgehead atoms. The first-order valence-electron chi connectivity index (χ1n) is 5.30. The van der Waals surface area contributed by atoms with Gasteiger partial charge in [-0.05, 0) is 28.9 Å². The van der Waals surface area contributed by atoms with Crippen LogP contribution in [0.5, 0.6) is 0 Å². The number of rotatable bonds is 2. The van der Waals surface area contributed by atoms with E-state index >= 15 is 0 Å². The summed E-state index contributed by atoms with van der Waals surface area (Å²) < 4.78 is 5.73. The molecule has 1 heterocycles. The predicted molar refractivity (Wildman–Crippen MR) is 79.6 cm³/mol. The largest absolute Gasteiger partial charge is 0.461 e. The van der Waals surface area contributed by atoms with Gasteiger partial charge >= 0.3 is 5.97 Å². The minimum atomic E-state index is -1.05. The van der Waals surface area contributed by atoms with Crippen LogP contribution >= 0.6 is 47.8 Å². The Bertz CT molecular complexity index is 540. The molecular weight excluding hydrogens is 450 g/mol.